The summed E-state index contributed by atoms with van der Waals surface area (Å²) in [5, 5.41) is 15.9. The minimum Gasteiger partial charge on any atom is -0.422 e. The van der Waals surface area contributed by atoms with Crippen LogP contribution in [0.3, 0.4) is 0 Å². The molecule has 0 aliphatic rings. The number of carbonyl (C=O) groups excluding carboxylic acids is 2. The molecule has 0 aliphatic carbocycles. The average molecular weight is 662 g/mol. The quantitative estimate of drug-likeness (QED) is 0.0624. The lowest BCUT2D eigenvalue weighted by atomic mass is 10.0. The molecule has 1 amide bonds. The van der Waals surface area contributed by atoms with Crippen LogP contribution in [0.4, 0.5) is 5.69 Å². The number of fused-ring (bicyclic) bond motifs is 1. The number of nitro groups is 1. The molecule has 0 aliphatic heterocycles. The van der Waals surface area contributed by atoms with Crippen LogP contribution in [0.15, 0.2) is 105 Å². The molecule has 0 saturated carbocycles. The molecule has 4 aromatic carbocycles. The van der Waals surface area contributed by atoms with Crippen LogP contribution < -0.4 is 10.2 Å². The van der Waals surface area contributed by atoms with Crippen molar-refractivity contribution >= 4 is 66.5 Å². The molecule has 5 aromatic rings. The van der Waals surface area contributed by atoms with Gasteiger partial charge < -0.3 is 9.72 Å². The van der Waals surface area contributed by atoms with Crippen LogP contribution >= 0.6 is 31.9 Å². The molecule has 11 heteroatoms. The largest absolute Gasteiger partial charge is 0.422 e. The molecule has 0 fully saturated rings. The van der Waals surface area contributed by atoms with Gasteiger partial charge in [0.15, 0.2) is 0 Å². The van der Waals surface area contributed by atoms with Gasteiger partial charge in [-0.3, -0.25) is 14.9 Å². The van der Waals surface area contributed by atoms with Crippen molar-refractivity contribution in [2.45, 2.75) is 0 Å². The van der Waals surface area contributed by atoms with E-state index in [1.807, 2.05) is 48.5 Å². The second-order valence-electron chi connectivity index (χ2n) is 8.51. The molecule has 0 saturated heterocycles. The van der Waals surface area contributed by atoms with Crippen molar-refractivity contribution in [1.82, 2.24) is 10.4 Å². The standard InChI is InChI=1S/C29H18Br2N4O5/c30-20-9-13-25(40-29(37)18-6-10-22(11-7-18)35(38)39)19(14-20)16-32-34-28(36)27-26(17-4-2-1-3-5-17)23-15-21(31)8-12-24(23)33-27/h1-16,33H,(H,34,36). The minimum absolute atomic E-state index is 0.137. The number of amides is 1. The molecule has 0 unspecified atom stereocenters. The Morgan fingerprint density at radius 2 is 1.62 bits per heavy atom. The first-order valence-corrected chi connectivity index (χ1v) is 13.3. The van der Waals surface area contributed by atoms with Gasteiger partial charge in [0, 0.05) is 43.1 Å². The van der Waals surface area contributed by atoms with Crippen LogP contribution in [0, 0.1) is 10.1 Å². The van der Waals surface area contributed by atoms with Crippen molar-refractivity contribution in [2.75, 3.05) is 0 Å². The van der Waals surface area contributed by atoms with Gasteiger partial charge in [0.2, 0.25) is 0 Å². The van der Waals surface area contributed by atoms with E-state index >= 15 is 0 Å². The van der Waals surface area contributed by atoms with E-state index < -0.39 is 16.8 Å². The highest BCUT2D eigenvalue weighted by Gasteiger charge is 2.19. The number of rotatable bonds is 7. The third-order valence-corrected chi connectivity index (χ3v) is 6.89. The summed E-state index contributed by atoms with van der Waals surface area (Å²) in [6, 6.07) is 25.3. The molecular formula is C29H18Br2N4O5. The van der Waals surface area contributed by atoms with Crippen molar-refractivity contribution in [1.29, 1.82) is 0 Å². The summed E-state index contributed by atoms with van der Waals surface area (Å²) in [4.78, 5) is 39.4. The third-order valence-electron chi connectivity index (χ3n) is 5.91. The molecule has 5 rings (SSSR count). The van der Waals surface area contributed by atoms with E-state index in [0.717, 1.165) is 26.5 Å². The number of benzene rings is 4. The second kappa shape index (κ2) is 11.6. The van der Waals surface area contributed by atoms with Gasteiger partial charge in [0.05, 0.1) is 16.7 Å². The number of hydrogen-bond donors (Lipinski definition) is 2. The molecular weight excluding hydrogens is 644 g/mol. The number of nitrogens with zero attached hydrogens (tertiary/aromatic N) is 2. The molecule has 0 spiro atoms. The van der Waals surface area contributed by atoms with Gasteiger partial charge in [0.25, 0.3) is 11.6 Å². The highest BCUT2D eigenvalue weighted by molar-refractivity contribution is 9.10. The van der Waals surface area contributed by atoms with Crippen LogP contribution in [0.25, 0.3) is 22.0 Å². The lowest BCUT2D eigenvalue weighted by Gasteiger charge is -2.08. The summed E-state index contributed by atoms with van der Waals surface area (Å²) < 4.78 is 7.09. The first kappa shape index (κ1) is 27.0. The number of hydrazone groups is 1. The molecule has 0 bridgehead atoms. The van der Waals surface area contributed by atoms with Crippen molar-refractivity contribution in [3.05, 3.63) is 127 Å². The molecule has 9 nitrogen and oxygen atoms in total. The van der Waals surface area contributed by atoms with Crippen molar-refractivity contribution < 1.29 is 19.2 Å². The van der Waals surface area contributed by atoms with E-state index in [-0.39, 0.29) is 17.0 Å². The van der Waals surface area contributed by atoms with Gasteiger partial charge in [-0.25, -0.2) is 10.2 Å². The number of carbonyl (C=O) groups is 2. The van der Waals surface area contributed by atoms with E-state index in [4.69, 9.17) is 4.74 Å². The van der Waals surface area contributed by atoms with Gasteiger partial charge in [-0.1, -0.05) is 62.2 Å². The number of non-ortho nitro benzene ring substituents is 1. The maximum absolute atomic E-state index is 13.3. The van der Waals surface area contributed by atoms with Gasteiger partial charge in [-0.2, -0.15) is 5.10 Å². The Bertz CT molecular complexity index is 1780. The SMILES string of the molecule is O=C(Oc1ccc(Br)cc1C=NNC(=O)c1[nH]c2ccc(Br)cc2c1-c1ccccc1)c1ccc([N+](=O)[O-])cc1. The van der Waals surface area contributed by atoms with Gasteiger partial charge in [0.1, 0.15) is 11.4 Å². The molecule has 198 valence electrons. The fourth-order valence-electron chi connectivity index (χ4n) is 4.05. The third kappa shape index (κ3) is 5.85. The Morgan fingerprint density at radius 1 is 0.925 bits per heavy atom. The molecule has 0 atom stereocenters. The number of esters is 1. The number of aromatic amines is 1. The summed E-state index contributed by atoms with van der Waals surface area (Å²) in [6.45, 7) is 0. The number of ether oxygens (including phenoxy) is 1. The predicted molar refractivity (Wildman–Crippen MR) is 159 cm³/mol. The summed E-state index contributed by atoms with van der Waals surface area (Å²) in [5.41, 5.74) is 5.71. The lowest BCUT2D eigenvalue weighted by molar-refractivity contribution is -0.384. The zero-order chi connectivity index (χ0) is 28.2. The Hall–Kier alpha value is -4.61. The number of hydrogen-bond acceptors (Lipinski definition) is 6. The van der Waals surface area contributed by atoms with Crippen molar-refractivity contribution in [3.63, 3.8) is 0 Å². The van der Waals surface area contributed by atoms with Gasteiger partial charge in [-0.05, 0) is 54.1 Å². The Balaban J connectivity index is 1.39. The van der Waals surface area contributed by atoms with Gasteiger partial charge >= 0.3 is 5.97 Å². The highest BCUT2D eigenvalue weighted by atomic mass is 79.9. The van der Waals surface area contributed by atoms with Crippen LogP contribution in [-0.4, -0.2) is 28.0 Å². The summed E-state index contributed by atoms with van der Waals surface area (Å²) in [5.74, 6) is -0.973. The number of aromatic nitrogens is 1. The van der Waals surface area contributed by atoms with Crippen LogP contribution in [0.5, 0.6) is 5.75 Å². The smallest absolute Gasteiger partial charge is 0.343 e. The highest BCUT2D eigenvalue weighted by Crippen LogP contribution is 2.34. The Labute approximate surface area is 244 Å². The lowest BCUT2D eigenvalue weighted by Crippen LogP contribution is -2.19. The van der Waals surface area contributed by atoms with Gasteiger partial charge in [-0.15, -0.1) is 0 Å². The molecule has 40 heavy (non-hydrogen) atoms. The molecule has 1 heterocycles. The van der Waals surface area contributed by atoms with E-state index in [2.05, 4.69) is 47.4 Å². The van der Waals surface area contributed by atoms with Crippen LogP contribution in [0.2, 0.25) is 0 Å². The number of halogens is 2. The monoisotopic (exact) mass is 660 g/mol. The second-order valence-corrected chi connectivity index (χ2v) is 10.3. The maximum atomic E-state index is 13.3. The zero-order valence-corrected chi connectivity index (χ0v) is 23.6. The van der Waals surface area contributed by atoms with E-state index in [1.165, 1.54) is 30.5 Å². The summed E-state index contributed by atoms with van der Waals surface area (Å²) >= 11 is 6.89. The normalized spacial score (nSPS) is 11.1. The minimum atomic E-state index is -0.701. The van der Waals surface area contributed by atoms with Crippen LogP contribution in [-0.2, 0) is 0 Å². The molecule has 2 N–H and O–H groups in total. The van der Waals surface area contributed by atoms with E-state index in [1.54, 1.807) is 18.2 Å². The topological polar surface area (TPSA) is 127 Å². The average Bonchev–Trinajstić information content (AvgIpc) is 3.33. The zero-order valence-electron chi connectivity index (χ0n) is 20.4. The first-order valence-electron chi connectivity index (χ1n) is 11.8. The summed E-state index contributed by atoms with van der Waals surface area (Å²) in [6.07, 6.45) is 1.36. The fourth-order valence-corrected chi connectivity index (χ4v) is 4.79. The van der Waals surface area contributed by atoms with Crippen molar-refractivity contribution in [3.8, 4) is 16.9 Å². The fraction of sp³-hybridized carbons (Fsp3) is 0. The Kier molecular flexibility index (Phi) is 7.85. The van der Waals surface area contributed by atoms with Crippen molar-refractivity contribution in [2.24, 2.45) is 5.10 Å². The molecule has 1 aromatic heterocycles. The number of H-pyrrole nitrogens is 1. The first-order chi connectivity index (χ1) is 19.3. The van der Waals surface area contributed by atoms with E-state index in [0.29, 0.717) is 15.7 Å². The number of nitro benzene ring substituents is 1. The number of nitrogens with one attached hydrogen (secondary N) is 2. The van der Waals surface area contributed by atoms with Crippen LogP contribution in [0.1, 0.15) is 26.4 Å². The predicted octanol–water partition coefficient (Wildman–Crippen LogP) is 7.25. The summed E-state index contributed by atoms with van der Waals surface area (Å²) in [7, 11) is 0. The Morgan fingerprint density at radius 3 is 2.35 bits per heavy atom. The molecule has 0 radical (unpaired) electrons. The maximum Gasteiger partial charge on any atom is 0.343 e. The van der Waals surface area contributed by atoms with E-state index in [9.17, 15) is 19.7 Å².